The molecule has 0 aliphatic carbocycles. The van der Waals surface area contributed by atoms with Gasteiger partial charge >= 0.3 is 6.03 Å². The van der Waals surface area contributed by atoms with Gasteiger partial charge in [-0.15, -0.1) is 0 Å². The molecule has 2 aromatic heterocycles. The van der Waals surface area contributed by atoms with Crippen molar-refractivity contribution in [3.8, 4) is 0 Å². The number of nitrogens with one attached hydrogen (secondary N) is 1. The number of fused-ring (bicyclic) bond motifs is 1. The van der Waals surface area contributed by atoms with Gasteiger partial charge in [0.05, 0.1) is 11.9 Å². The Balaban J connectivity index is 1.73. The highest BCUT2D eigenvalue weighted by Crippen LogP contribution is 2.18. The first-order valence-corrected chi connectivity index (χ1v) is 8.51. The van der Waals surface area contributed by atoms with E-state index in [1.807, 2.05) is 24.0 Å². The smallest absolute Gasteiger partial charge is 0.319 e. The van der Waals surface area contributed by atoms with Crippen molar-refractivity contribution < 1.29 is 4.79 Å². The highest BCUT2D eigenvalue weighted by Gasteiger charge is 2.29. The van der Waals surface area contributed by atoms with E-state index < -0.39 is 0 Å². The number of aromatic nitrogens is 3. The minimum absolute atomic E-state index is 0.0371. The third-order valence-corrected chi connectivity index (χ3v) is 4.38. The Labute approximate surface area is 142 Å². The molecule has 1 unspecified atom stereocenters. The summed E-state index contributed by atoms with van der Waals surface area (Å²) >= 11 is 0. The Bertz CT molecular complexity index is 723. The number of hydrogen-bond acceptors (Lipinski definition) is 4. The Hall–Kier alpha value is -2.15. The van der Waals surface area contributed by atoms with E-state index in [2.05, 4.69) is 41.2 Å². The summed E-state index contributed by atoms with van der Waals surface area (Å²) in [6, 6.07) is 3.95. The van der Waals surface area contributed by atoms with Crippen molar-refractivity contribution in [3.05, 3.63) is 24.2 Å². The van der Waals surface area contributed by atoms with Crippen molar-refractivity contribution in [1.82, 2.24) is 24.4 Å². The van der Waals surface area contributed by atoms with Crippen LogP contribution in [0.1, 0.15) is 26.1 Å². The maximum atomic E-state index is 12.8. The Morgan fingerprint density at radius 2 is 2.17 bits per heavy atom. The molecule has 1 saturated heterocycles. The van der Waals surface area contributed by atoms with Crippen LogP contribution in [0.5, 0.6) is 0 Å². The Kier molecular flexibility index (Phi) is 4.71. The highest BCUT2D eigenvalue weighted by molar-refractivity contribution is 5.89. The number of urea groups is 1. The van der Waals surface area contributed by atoms with Gasteiger partial charge in [-0.1, -0.05) is 13.8 Å². The number of aryl methyl sites for hydroxylation is 1. The molecule has 7 heteroatoms. The molecule has 0 radical (unpaired) electrons. The van der Waals surface area contributed by atoms with Crippen molar-refractivity contribution in [2.45, 2.75) is 33.2 Å². The van der Waals surface area contributed by atoms with Crippen LogP contribution in [0.2, 0.25) is 0 Å². The quantitative estimate of drug-likeness (QED) is 0.937. The molecule has 1 fully saturated rings. The number of anilines is 1. The number of rotatable bonds is 3. The normalized spacial score (nSPS) is 19.2. The second kappa shape index (κ2) is 6.76. The average Bonchev–Trinajstić information content (AvgIpc) is 2.86. The molecule has 1 aliphatic heterocycles. The summed E-state index contributed by atoms with van der Waals surface area (Å²) in [5.74, 6) is 1.28. The fourth-order valence-electron chi connectivity index (χ4n) is 3.29. The van der Waals surface area contributed by atoms with Crippen molar-refractivity contribution >= 4 is 17.4 Å². The van der Waals surface area contributed by atoms with Gasteiger partial charge in [0, 0.05) is 25.7 Å². The lowest BCUT2D eigenvalue weighted by Gasteiger charge is -2.40. The van der Waals surface area contributed by atoms with Crippen LogP contribution < -0.4 is 5.32 Å². The second-order valence-corrected chi connectivity index (χ2v) is 7.05. The van der Waals surface area contributed by atoms with E-state index in [1.54, 1.807) is 10.7 Å². The van der Waals surface area contributed by atoms with Crippen molar-refractivity contribution in [2.75, 3.05) is 32.0 Å². The zero-order valence-corrected chi connectivity index (χ0v) is 14.9. The molecule has 0 bridgehead atoms. The van der Waals surface area contributed by atoms with Gasteiger partial charge in [-0.25, -0.2) is 14.3 Å². The van der Waals surface area contributed by atoms with Crippen LogP contribution in [0, 0.1) is 12.8 Å². The molecule has 0 saturated carbocycles. The highest BCUT2D eigenvalue weighted by atomic mass is 16.2. The SMILES string of the molecule is Cc1nc2ccc(NC(=O)N3CCN(C)CC3CC(C)C)cn2n1. The lowest BCUT2D eigenvalue weighted by molar-refractivity contribution is 0.105. The lowest BCUT2D eigenvalue weighted by Crippen LogP contribution is -2.55. The van der Waals surface area contributed by atoms with Crippen LogP contribution in [0.15, 0.2) is 18.3 Å². The predicted molar refractivity (Wildman–Crippen MR) is 94.2 cm³/mol. The van der Waals surface area contributed by atoms with E-state index in [1.165, 1.54) is 0 Å². The molecule has 130 valence electrons. The summed E-state index contributed by atoms with van der Waals surface area (Å²) in [7, 11) is 2.11. The predicted octanol–water partition coefficient (Wildman–Crippen LogP) is 2.23. The zero-order chi connectivity index (χ0) is 17.3. The molecule has 7 nitrogen and oxygen atoms in total. The van der Waals surface area contributed by atoms with Crippen molar-refractivity contribution in [1.29, 1.82) is 0 Å². The fraction of sp³-hybridized carbons (Fsp3) is 0.588. The topological polar surface area (TPSA) is 65.8 Å². The van der Waals surface area contributed by atoms with Crippen LogP contribution in [0.25, 0.3) is 5.65 Å². The number of carbonyl (C=O) groups excluding carboxylic acids is 1. The molecule has 2 aromatic rings. The molecular formula is C17H26N6O. The van der Waals surface area contributed by atoms with Gasteiger partial charge in [-0.05, 0) is 38.4 Å². The maximum Gasteiger partial charge on any atom is 0.322 e. The minimum Gasteiger partial charge on any atom is -0.319 e. The Morgan fingerprint density at radius 1 is 1.38 bits per heavy atom. The van der Waals surface area contributed by atoms with E-state index >= 15 is 0 Å². The van der Waals surface area contributed by atoms with Crippen LogP contribution in [-0.2, 0) is 0 Å². The number of hydrogen-bond donors (Lipinski definition) is 1. The Morgan fingerprint density at radius 3 is 2.92 bits per heavy atom. The number of likely N-dealkylation sites (N-methyl/N-ethyl adjacent to an activating group) is 1. The lowest BCUT2D eigenvalue weighted by atomic mass is 10.0. The second-order valence-electron chi connectivity index (χ2n) is 7.05. The number of nitrogens with zero attached hydrogens (tertiary/aromatic N) is 5. The first kappa shape index (κ1) is 16.7. The van der Waals surface area contributed by atoms with Crippen LogP contribution >= 0.6 is 0 Å². The van der Waals surface area contributed by atoms with Crippen LogP contribution in [-0.4, -0.2) is 63.2 Å². The van der Waals surface area contributed by atoms with E-state index in [-0.39, 0.29) is 12.1 Å². The zero-order valence-electron chi connectivity index (χ0n) is 14.9. The number of carbonyl (C=O) groups is 1. The molecule has 1 aliphatic rings. The monoisotopic (exact) mass is 330 g/mol. The van der Waals surface area contributed by atoms with Gasteiger partial charge < -0.3 is 15.1 Å². The van der Waals surface area contributed by atoms with Crippen LogP contribution in [0.3, 0.4) is 0 Å². The fourth-order valence-corrected chi connectivity index (χ4v) is 3.29. The standard InChI is InChI=1S/C17H26N6O/c1-12(2)9-15-11-21(4)7-8-22(15)17(24)19-14-5-6-16-18-13(3)20-23(16)10-14/h5-6,10,12,15H,7-9,11H2,1-4H3,(H,19,24). The van der Waals surface area contributed by atoms with Gasteiger partial charge in [-0.3, -0.25) is 0 Å². The van der Waals surface area contributed by atoms with E-state index in [0.29, 0.717) is 5.92 Å². The minimum atomic E-state index is -0.0371. The van der Waals surface area contributed by atoms with Gasteiger partial charge in [-0.2, -0.15) is 5.10 Å². The van der Waals surface area contributed by atoms with Gasteiger partial charge in [0.2, 0.25) is 0 Å². The number of amides is 2. The van der Waals surface area contributed by atoms with Gasteiger partial charge in [0.15, 0.2) is 5.65 Å². The molecule has 24 heavy (non-hydrogen) atoms. The van der Waals surface area contributed by atoms with E-state index in [9.17, 15) is 4.79 Å². The van der Waals surface area contributed by atoms with Gasteiger partial charge in [0.1, 0.15) is 5.82 Å². The number of piperazine rings is 1. The average molecular weight is 330 g/mol. The number of pyridine rings is 1. The summed E-state index contributed by atoms with van der Waals surface area (Å²) in [5, 5.41) is 7.30. The summed E-state index contributed by atoms with van der Waals surface area (Å²) in [6.45, 7) is 8.84. The molecule has 0 aromatic carbocycles. The molecule has 3 rings (SSSR count). The molecule has 1 N–H and O–H groups in total. The van der Waals surface area contributed by atoms with Crippen LogP contribution in [0.4, 0.5) is 10.5 Å². The van der Waals surface area contributed by atoms with E-state index in [4.69, 9.17) is 0 Å². The first-order valence-electron chi connectivity index (χ1n) is 8.51. The summed E-state index contributed by atoms with van der Waals surface area (Å²) in [6.07, 6.45) is 2.82. The molecular weight excluding hydrogens is 304 g/mol. The summed E-state index contributed by atoms with van der Waals surface area (Å²) < 4.78 is 1.69. The van der Waals surface area contributed by atoms with Crippen molar-refractivity contribution in [3.63, 3.8) is 0 Å². The summed E-state index contributed by atoms with van der Waals surface area (Å²) in [4.78, 5) is 21.3. The summed E-state index contributed by atoms with van der Waals surface area (Å²) in [5.41, 5.74) is 1.52. The van der Waals surface area contributed by atoms with E-state index in [0.717, 1.165) is 43.2 Å². The van der Waals surface area contributed by atoms with Gasteiger partial charge in [0.25, 0.3) is 0 Å². The van der Waals surface area contributed by atoms with Crippen molar-refractivity contribution in [2.24, 2.45) is 5.92 Å². The third kappa shape index (κ3) is 3.67. The largest absolute Gasteiger partial charge is 0.322 e. The first-order chi connectivity index (χ1) is 11.4. The molecule has 1 atom stereocenters. The molecule has 3 heterocycles. The third-order valence-electron chi connectivity index (χ3n) is 4.38. The molecule has 2 amide bonds. The molecule has 0 spiro atoms. The maximum absolute atomic E-state index is 12.8.